The van der Waals surface area contributed by atoms with Crippen molar-refractivity contribution in [2.45, 2.75) is 31.3 Å². The van der Waals surface area contributed by atoms with E-state index < -0.39 is 0 Å². The lowest BCUT2D eigenvalue weighted by molar-refractivity contribution is 0.0931. The fourth-order valence-electron chi connectivity index (χ4n) is 3.90. The van der Waals surface area contributed by atoms with E-state index in [1.807, 2.05) is 12.1 Å². The fourth-order valence-corrected chi connectivity index (χ4v) is 4.75. The van der Waals surface area contributed by atoms with E-state index in [1.165, 1.54) is 11.1 Å². The lowest BCUT2D eigenvalue weighted by atomic mass is 9.81. The van der Waals surface area contributed by atoms with Gasteiger partial charge in [0, 0.05) is 23.6 Å². The molecule has 1 aliphatic heterocycles. The molecule has 0 saturated heterocycles. The summed E-state index contributed by atoms with van der Waals surface area (Å²) >= 11 is 18.8. The molecule has 1 aromatic heterocycles. The molecular weight excluding hydrogens is 341 g/mol. The molecule has 1 atom stereocenters. The number of likely N-dealkylation sites (N-methyl/N-ethyl adjacent to an activating group) is 1. The third-order valence-corrected chi connectivity index (χ3v) is 5.77. The minimum absolute atomic E-state index is 0.123. The molecule has 1 spiro atoms. The van der Waals surface area contributed by atoms with Crippen LogP contribution in [0.3, 0.4) is 0 Å². The number of nitrogens with zero attached hydrogens (tertiary/aromatic N) is 3. The minimum atomic E-state index is -0.123. The molecule has 114 valence electrons. The Morgan fingerprint density at radius 2 is 2.00 bits per heavy atom. The molecule has 3 nitrogen and oxygen atoms in total. The van der Waals surface area contributed by atoms with Crippen molar-refractivity contribution in [2.75, 3.05) is 7.05 Å². The summed E-state index contributed by atoms with van der Waals surface area (Å²) in [4.78, 5) is 10.8. The number of rotatable bonds is 0. The van der Waals surface area contributed by atoms with E-state index in [0.717, 1.165) is 35.5 Å². The number of fused-ring (bicyclic) bond motifs is 3. The SMILES string of the molecule is CN1Cc2c(Cl)nc(Cl)nc2CC12CCc1cccc(Cl)c12. The predicted octanol–water partition coefficient (Wildman–Crippen LogP) is 4.27. The van der Waals surface area contributed by atoms with Crippen LogP contribution in [0.25, 0.3) is 0 Å². The van der Waals surface area contributed by atoms with Gasteiger partial charge in [0.1, 0.15) is 5.15 Å². The molecule has 4 rings (SSSR count). The van der Waals surface area contributed by atoms with Crippen LogP contribution >= 0.6 is 34.8 Å². The number of benzene rings is 1. The van der Waals surface area contributed by atoms with E-state index in [-0.39, 0.29) is 10.8 Å². The second kappa shape index (κ2) is 5.07. The number of aromatic nitrogens is 2. The summed E-state index contributed by atoms with van der Waals surface area (Å²) in [6.45, 7) is 0.704. The molecule has 1 aliphatic carbocycles. The van der Waals surface area contributed by atoms with Crippen LogP contribution in [0, 0.1) is 0 Å². The average molecular weight is 355 g/mol. The molecule has 0 saturated carbocycles. The Kier molecular flexibility index (Phi) is 3.39. The Hall–Kier alpha value is -0.870. The van der Waals surface area contributed by atoms with Gasteiger partial charge >= 0.3 is 0 Å². The first kappa shape index (κ1) is 14.7. The zero-order valence-corrected chi connectivity index (χ0v) is 14.3. The number of hydrogen-bond donors (Lipinski definition) is 0. The van der Waals surface area contributed by atoms with Crippen LogP contribution in [0.5, 0.6) is 0 Å². The Labute approximate surface area is 144 Å². The Balaban J connectivity index is 1.89. The summed E-state index contributed by atoms with van der Waals surface area (Å²) in [5.41, 5.74) is 4.35. The van der Waals surface area contributed by atoms with Gasteiger partial charge in [0.25, 0.3) is 0 Å². The van der Waals surface area contributed by atoms with Crippen molar-refractivity contribution in [1.29, 1.82) is 0 Å². The standard InChI is InChI=1S/C16H14Cl3N3/c1-22-8-10-12(20-15(19)21-14(10)18)7-16(22)6-5-9-3-2-4-11(17)13(9)16/h2-4H,5-8H2,1H3. The molecule has 22 heavy (non-hydrogen) atoms. The molecule has 1 unspecified atom stereocenters. The van der Waals surface area contributed by atoms with Crippen molar-refractivity contribution >= 4 is 34.8 Å². The highest BCUT2D eigenvalue weighted by molar-refractivity contribution is 6.32. The first-order valence-corrected chi connectivity index (χ1v) is 8.34. The molecule has 6 heteroatoms. The molecule has 0 fully saturated rings. The van der Waals surface area contributed by atoms with E-state index in [0.29, 0.717) is 11.7 Å². The molecule has 2 heterocycles. The van der Waals surface area contributed by atoms with Crippen molar-refractivity contribution in [3.63, 3.8) is 0 Å². The molecule has 0 amide bonds. The van der Waals surface area contributed by atoms with Crippen LogP contribution in [-0.2, 0) is 24.9 Å². The van der Waals surface area contributed by atoms with Crippen molar-refractivity contribution < 1.29 is 0 Å². The third-order valence-electron chi connectivity index (χ3n) is 4.97. The van der Waals surface area contributed by atoms with Crippen molar-refractivity contribution in [2.24, 2.45) is 0 Å². The summed E-state index contributed by atoms with van der Waals surface area (Å²) in [6.07, 6.45) is 2.82. The topological polar surface area (TPSA) is 29.0 Å². The predicted molar refractivity (Wildman–Crippen MR) is 88.7 cm³/mol. The molecule has 2 aliphatic rings. The van der Waals surface area contributed by atoms with Crippen molar-refractivity contribution in [1.82, 2.24) is 14.9 Å². The van der Waals surface area contributed by atoms with E-state index in [9.17, 15) is 0 Å². The van der Waals surface area contributed by atoms with Gasteiger partial charge < -0.3 is 0 Å². The number of hydrogen-bond acceptors (Lipinski definition) is 3. The second-order valence-corrected chi connectivity index (χ2v) is 7.15. The van der Waals surface area contributed by atoms with Crippen LogP contribution in [-0.4, -0.2) is 21.9 Å². The molecule has 1 aromatic carbocycles. The maximum absolute atomic E-state index is 6.54. The van der Waals surface area contributed by atoms with Crippen LogP contribution in [0.1, 0.15) is 28.8 Å². The normalized spacial score (nSPS) is 23.6. The average Bonchev–Trinajstić information content (AvgIpc) is 2.82. The summed E-state index contributed by atoms with van der Waals surface area (Å²) in [6, 6.07) is 6.16. The van der Waals surface area contributed by atoms with Gasteiger partial charge in [-0.15, -0.1) is 0 Å². The number of aryl methyl sites for hydroxylation is 1. The Morgan fingerprint density at radius 3 is 2.82 bits per heavy atom. The van der Waals surface area contributed by atoms with Crippen molar-refractivity contribution in [3.05, 3.63) is 56.0 Å². The van der Waals surface area contributed by atoms with Gasteiger partial charge in [0.05, 0.1) is 11.2 Å². The summed E-state index contributed by atoms with van der Waals surface area (Å²) in [5.74, 6) is 0. The summed E-state index contributed by atoms with van der Waals surface area (Å²) in [7, 11) is 2.12. The second-order valence-electron chi connectivity index (χ2n) is 6.05. The van der Waals surface area contributed by atoms with Gasteiger partial charge in [-0.3, -0.25) is 4.90 Å². The molecule has 0 N–H and O–H groups in total. The fraction of sp³-hybridized carbons (Fsp3) is 0.375. The smallest absolute Gasteiger partial charge is 0.224 e. The quantitative estimate of drug-likeness (QED) is 0.523. The van der Waals surface area contributed by atoms with Crippen LogP contribution < -0.4 is 0 Å². The Bertz CT molecular complexity index is 777. The lowest BCUT2D eigenvalue weighted by Gasteiger charge is -2.44. The summed E-state index contributed by atoms with van der Waals surface area (Å²) < 4.78 is 0. The maximum Gasteiger partial charge on any atom is 0.224 e. The largest absolute Gasteiger partial charge is 0.292 e. The van der Waals surface area contributed by atoms with Crippen LogP contribution in [0.4, 0.5) is 0 Å². The maximum atomic E-state index is 6.54. The molecule has 0 radical (unpaired) electrons. The minimum Gasteiger partial charge on any atom is -0.292 e. The highest BCUT2D eigenvalue weighted by Gasteiger charge is 2.47. The van der Waals surface area contributed by atoms with E-state index in [1.54, 1.807) is 0 Å². The molecular formula is C16H14Cl3N3. The monoisotopic (exact) mass is 353 g/mol. The van der Waals surface area contributed by atoms with Gasteiger partial charge in [0.2, 0.25) is 5.28 Å². The van der Waals surface area contributed by atoms with Gasteiger partial charge in [0.15, 0.2) is 0 Å². The Morgan fingerprint density at radius 1 is 1.18 bits per heavy atom. The third kappa shape index (κ3) is 2.00. The molecule has 0 bridgehead atoms. The zero-order valence-electron chi connectivity index (χ0n) is 12.0. The first-order chi connectivity index (χ1) is 10.5. The summed E-state index contributed by atoms with van der Waals surface area (Å²) in [5, 5.41) is 1.49. The van der Waals surface area contributed by atoms with Gasteiger partial charge in [-0.25, -0.2) is 9.97 Å². The molecule has 2 aromatic rings. The van der Waals surface area contributed by atoms with Crippen LogP contribution in [0.2, 0.25) is 15.5 Å². The van der Waals surface area contributed by atoms with Crippen molar-refractivity contribution in [3.8, 4) is 0 Å². The lowest BCUT2D eigenvalue weighted by Crippen LogP contribution is -2.47. The zero-order chi connectivity index (χ0) is 15.5. The first-order valence-electron chi connectivity index (χ1n) is 7.21. The van der Waals surface area contributed by atoms with Gasteiger partial charge in [-0.1, -0.05) is 35.3 Å². The highest BCUT2D eigenvalue weighted by Crippen LogP contribution is 2.49. The van der Waals surface area contributed by atoms with Crippen LogP contribution in [0.15, 0.2) is 18.2 Å². The van der Waals surface area contributed by atoms with E-state index >= 15 is 0 Å². The van der Waals surface area contributed by atoms with Gasteiger partial charge in [-0.2, -0.15) is 0 Å². The highest BCUT2D eigenvalue weighted by atomic mass is 35.5. The van der Waals surface area contributed by atoms with E-state index in [2.05, 4.69) is 28.0 Å². The van der Waals surface area contributed by atoms with E-state index in [4.69, 9.17) is 34.8 Å². The number of halogens is 3. The van der Waals surface area contributed by atoms with Gasteiger partial charge in [-0.05, 0) is 48.7 Å².